The van der Waals surface area contributed by atoms with Crippen molar-refractivity contribution in [2.24, 2.45) is 5.73 Å². The highest BCUT2D eigenvalue weighted by molar-refractivity contribution is 9.10. The number of hydrogen-bond donors (Lipinski definition) is 1. The molecule has 3 nitrogen and oxygen atoms in total. The van der Waals surface area contributed by atoms with Crippen LogP contribution in [-0.2, 0) is 23.3 Å². The van der Waals surface area contributed by atoms with Gasteiger partial charge in [-0.2, -0.15) is 0 Å². The van der Waals surface area contributed by atoms with Crippen LogP contribution in [0.15, 0.2) is 40.9 Å². The molecular weight excluding hydrogens is 414 g/mol. The van der Waals surface area contributed by atoms with Gasteiger partial charge in [0.05, 0.1) is 0 Å². The Kier molecular flexibility index (Phi) is 5.86. The molecule has 7 heteroatoms. The minimum atomic E-state index is -1.23. The third-order valence-electron chi connectivity index (χ3n) is 4.47. The van der Waals surface area contributed by atoms with Crippen molar-refractivity contribution in [3.8, 4) is 0 Å². The fourth-order valence-electron chi connectivity index (χ4n) is 3.02. The molecule has 0 saturated heterocycles. The summed E-state index contributed by atoms with van der Waals surface area (Å²) in [6.07, 6.45) is 0.279. The van der Waals surface area contributed by atoms with E-state index in [0.29, 0.717) is 17.7 Å². The Morgan fingerprint density at radius 2 is 1.68 bits per heavy atom. The predicted molar refractivity (Wildman–Crippen MR) is 98.4 cm³/mol. The maximum Gasteiger partial charge on any atom is 0.247 e. The number of halogens is 4. The Morgan fingerprint density at radius 3 is 2.28 bits per heavy atom. The lowest BCUT2D eigenvalue weighted by atomic mass is 9.90. The van der Waals surface area contributed by atoms with Gasteiger partial charge in [-0.05, 0) is 48.7 Å². The molecule has 2 aromatic rings. The first-order valence-electron chi connectivity index (χ1n) is 7.60. The number of rotatable bonds is 2. The smallest absolute Gasteiger partial charge is 0.247 e. The number of carbonyl (C=O) groups excluding carboxylic acids is 1. The van der Waals surface area contributed by atoms with Crippen LogP contribution < -0.4 is 5.73 Å². The minimum absolute atomic E-state index is 0. The Balaban J connectivity index is 0.00000225. The number of benzene rings is 2. The molecule has 134 valence electrons. The van der Waals surface area contributed by atoms with E-state index in [1.165, 1.54) is 4.90 Å². The second-order valence-electron chi connectivity index (χ2n) is 6.17. The first-order chi connectivity index (χ1) is 11.3. The quantitative estimate of drug-likeness (QED) is 0.784. The van der Waals surface area contributed by atoms with E-state index in [0.717, 1.165) is 16.6 Å². The zero-order chi connectivity index (χ0) is 17.5. The van der Waals surface area contributed by atoms with Crippen LogP contribution >= 0.6 is 28.3 Å². The summed E-state index contributed by atoms with van der Waals surface area (Å²) in [4.78, 5) is 14.4. The van der Waals surface area contributed by atoms with Gasteiger partial charge in [-0.25, -0.2) is 8.78 Å². The molecule has 0 fully saturated rings. The summed E-state index contributed by atoms with van der Waals surface area (Å²) in [7, 11) is 0. The minimum Gasteiger partial charge on any atom is -0.336 e. The average molecular weight is 432 g/mol. The molecule has 25 heavy (non-hydrogen) atoms. The molecule has 1 heterocycles. The predicted octanol–water partition coefficient (Wildman–Crippen LogP) is 3.91. The lowest BCUT2D eigenvalue weighted by Gasteiger charge is -2.35. The maximum absolute atomic E-state index is 14.0. The van der Waals surface area contributed by atoms with Crippen LogP contribution in [0.3, 0.4) is 0 Å². The molecule has 0 aliphatic carbocycles. The van der Waals surface area contributed by atoms with Gasteiger partial charge in [0.25, 0.3) is 0 Å². The molecule has 3 rings (SSSR count). The molecule has 1 amide bonds. The Bertz CT molecular complexity index is 796. The van der Waals surface area contributed by atoms with E-state index >= 15 is 0 Å². The summed E-state index contributed by atoms with van der Waals surface area (Å²) < 4.78 is 28.7. The van der Waals surface area contributed by atoms with Gasteiger partial charge < -0.3 is 10.6 Å². The summed E-state index contributed by atoms with van der Waals surface area (Å²) in [6, 6.07) is 9.40. The zero-order valence-electron chi connectivity index (χ0n) is 13.6. The zero-order valence-corrected chi connectivity index (χ0v) is 16.0. The number of nitrogens with two attached hydrogens (primary N) is 1. The molecule has 0 spiro atoms. The lowest BCUT2D eigenvalue weighted by Crippen LogP contribution is -2.52. The van der Waals surface area contributed by atoms with Crippen LogP contribution in [0.2, 0.25) is 0 Å². The third-order valence-corrected chi connectivity index (χ3v) is 5.00. The molecular formula is C18H18BrClF2N2O. The van der Waals surface area contributed by atoms with Crippen LogP contribution in [0.4, 0.5) is 8.78 Å². The van der Waals surface area contributed by atoms with Crippen molar-refractivity contribution in [3.05, 3.63) is 69.2 Å². The Labute approximate surface area is 159 Å². The highest BCUT2D eigenvalue weighted by Crippen LogP contribution is 2.28. The van der Waals surface area contributed by atoms with E-state index in [2.05, 4.69) is 15.9 Å². The van der Waals surface area contributed by atoms with Crippen molar-refractivity contribution in [1.82, 2.24) is 4.90 Å². The number of nitrogens with zero attached hydrogens (tertiary/aromatic N) is 1. The van der Waals surface area contributed by atoms with Crippen molar-refractivity contribution in [3.63, 3.8) is 0 Å². The SMILES string of the molecule is CC(N)(C(=O)N1CCc2c(F)ccc(F)c2C1)c1ccc(Br)cc1.Cl. The first-order valence-corrected chi connectivity index (χ1v) is 8.40. The highest BCUT2D eigenvalue weighted by Gasteiger charge is 2.36. The van der Waals surface area contributed by atoms with Crippen molar-refractivity contribution in [1.29, 1.82) is 0 Å². The molecule has 1 aliphatic rings. The Hall–Kier alpha value is -1.50. The monoisotopic (exact) mass is 430 g/mol. The van der Waals surface area contributed by atoms with Gasteiger partial charge in [0, 0.05) is 23.1 Å². The normalized spacial score (nSPS) is 15.8. The van der Waals surface area contributed by atoms with Crippen molar-refractivity contribution >= 4 is 34.2 Å². The molecule has 0 aromatic heterocycles. The molecule has 0 bridgehead atoms. The summed E-state index contributed by atoms with van der Waals surface area (Å²) in [5.41, 5.74) is 6.30. The molecule has 0 saturated carbocycles. The summed E-state index contributed by atoms with van der Waals surface area (Å²) in [5, 5.41) is 0. The van der Waals surface area contributed by atoms with Crippen LogP contribution in [-0.4, -0.2) is 17.4 Å². The maximum atomic E-state index is 14.0. The summed E-state index contributed by atoms with van der Waals surface area (Å²) in [6.45, 7) is 1.98. The molecule has 1 aliphatic heterocycles. The van der Waals surface area contributed by atoms with Gasteiger partial charge in [0.1, 0.15) is 17.2 Å². The summed E-state index contributed by atoms with van der Waals surface area (Å²) >= 11 is 3.35. The second kappa shape index (κ2) is 7.40. The molecule has 1 atom stereocenters. The molecule has 2 aromatic carbocycles. The molecule has 0 radical (unpaired) electrons. The average Bonchev–Trinajstić information content (AvgIpc) is 2.57. The van der Waals surface area contributed by atoms with Crippen molar-refractivity contribution < 1.29 is 13.6 Å². The van der Waals surface area contributed by atoms with Crippen molar-refractivity contribution in [2.45, 2.75) is 25.4 Å². The second-order valence-corrected chi connectivity index (χ2v) is 7.09. The van der Waals surface area contributed by atoms with Crippen molar-refractivity contribution in [2.75, 3.05) is 6.54 Å². The van der Waals surface area contributed by atoms with Gasteiger partial charge >= 0.3 is 0 Å². The fourth-order valence-corrected chi connectivity index (χ4v) is 3.28. The largest absolute Gasteiger partial charge is 0.336 e. The van der Waals surface area contributed by atoms with Crippen LogP contribution in [0, 0.1) is 11.6 Å². The molecule has 2 N–H and O–H groups in total. The highest BCUT2D eigenvalue weighted by atomic mass is 79.9. The number of amides is 1. The van der Waals surface area contributed by atoms with E-state index in [1.54, 1.807) is 19.1 Å². The number of carbonyl (C=O) groups is 1. The lowest BCUT2D eigenvalue weighted by molar-refractivity contribution is -0.137. The Morgan fingerprint density at radius 1 is 1.12 bits per heavy atom. The van der Waals surface area contributed by atoms with E-state index in [-0.39, 0.29) is 36.8 Å². The van der Waals surface area contributed by atoms with Gasteiger partial charge in [-0.1, -0.05) is 28.1 Å². The number of fused-ring (bicyclic) bond motifs is 1. The van der Waals surface area contributed by atoms with E-state index in [1.807, 2.05) is 12.1 Å². The van der Waals surface area contributed by atoms with Crippen LogP contribution in [0.5, 0.6) is 0 Å². The summed E-state index contributed by atoms with van der Waals surface area (Å²) in [5.74, 6) is -1.23. The third kappa shape index (κ3) is 3.71. The fraction of sp³-hybridized carbons (Fsp3) is 0.278. The van der Waals surface area contributed by atoms with Crippen LogP contribution in [0.1, 0.15) is 23.6 Å². The van der Waals surface area contributed by atoms with Gasteiger partial charge in [0.15, 0.2) is 0 Å². The van der Waals surface area contributed by atoms with Gasteiger partial charge in [-0.15, -0.1) is 12.4 Å². The van der Waals surface area contributed by atoms with E-state index in [4.69, 9.17) is 5.73 Å². The van der Waals surface area contributed by atoms with E-state index < -0.39 is 17.2 Å². The van der Waals surface area contributed by atoms with E-state index in [9.17, 15) is 13.6 Å². The first kappa shape index (κ1) is 19.8. The topological polar surface area (TPSA) is 46.3 Å². The number of hydrogen-bond acceptors (Lipinski definition) is 2. The van der Waals surface area contributed by atoms with Gasteiger partial charge in [-0.3, -0.25) is 4.79 Å². The standard InChI is InChI=1S/C18H17BrF2N2O.ClH/c1-18(22,11-2-4-12(19)5-3-11)17(24)23-9-8-13-14(10-23)16(21)7-6-15(13)20;/h2-7H,8-10,22H2,1H3;1H. The van der Waals surface area contributed by atoms with Crippen LogP contribution in [0.25, 0.3) is 0 Å². The molecule has 1 unspecified atom stereocenters. The van der Waals surface area contributed by atoms with Gasteiger partial charge in [0.2, 0.25) is 5.91 Å².